The summed E-state index contributed by atoms with van der Waals surface area (Å²) in [6.07, 6.45) is 8.03. The maximum atomic E-state index is 11.8. The van der Waals surface area contributed by atoms with E-state index in [-0.39, 0.29) is 12.5 Å². The summed E-state index contributed by atoms with van der Waals surface area (Å²) in [6.45, 7) is 7.93. The van der Waals surface area contributed by atoms with Crippen molar-refractivity contribution >= 4 is 11.9 Å². The van der Waals surface area contributed by atoms with Gasteiger partial charge in [-0.2, -0.15) is 0 Å². The third-order valence-electron chi connectivity index (χ3n) is 4.67. The first-order valence-corrected chi connectivity index (χ1v) is 8.51. The molecule has 1 heterocycles. The van der Waals surface area contributed by atoms with E-state index in [1.54, 1.807) is 7.05 Å². The van der Waals surface area contributed by atoms with Gasteiger partial charge in [0.25, 0.3) is 0 Å². The Kier molecular flexibility index (Phi) is 5.35. The van der Waals surface area contributed by atoms with Crippen LogP contribution in [0.5, 0.6) is 0 Å². The number of esters is 1. The summed E-state index contributed by atoms with van der Waals surface area (Å²) in [4.78, 5) is 18.5. The standard InChI is InChI=1S/C17H31N3O2/c1-16(2,3)22-14(21)12-19-15(18-4)20-11-10-17(13-20)8-6-5-7-9-17/h5-13H2,1-4H3,(H,18,19). The van der Waals surface area contributed by atoms with Gasteiger partial charge < -0.3 is 15.0 Å². The molecule has 5 heteroatoms. The average molecular weight is 309 g/mol. The van der Waals surface area contributed by atoms with Gasteiger partial charge in [-0.05, 0) is 45.4 Å². The van der Waals surface area contributed by atoms with Crippen LogP contribution in [0, 0.1) is 5.41 Å². The molecule has 0 aromatic carbocycles. The van der Waals surface area contributed by atoms with E-state index in [0.29, 0.717) is 5.41 Å². The van der Waals surface area contributed by atoms with E-state index in [2.05, 4.69) is 15.2 Å². The van der Waals surface area contributed by atoms with Crippen molar-refractivity contribution < 1.29 is 9.53 Å². The molecule has 0 amide bonds. The predicted molar refractivity (Wildman–Crippen MR) is 88.9 cm³/mol. The van der Waals surface area contributed by atoms with Crippen molar-refractivity contribution in [1.82, 2.24) is 10.2 Å². The van der Waals surface area contributed by atoms with Crippen molar-refractivity contribution in [2.75, 3.05) is 26.7 Å². The number of carbonyl (C=O) groups excluding carboxylic acids is 1. The van der Waals surface area contributed by atoms with E-state index >= 15 is 0 Å². The van der Waals surface area contributed by atoms with E-state index in [1.807, 2.05) is 20.8 Å². The number of ether oxygens (including phenoxy) is 1. The Hall–Kier alpha value is -1.26. The van der Waals surface area contributed by atoms with Gasteiger partial charge in [0.15, 0.2) is 5.96 Å². The molecular formula is C17H31N3O2. The number of rotatable bonds is 2. The molecule has 2 rings (SSSR count). The predicted octanol–water partition coefficient (Wildman–Crippen LogP) is 2.56. The van der Waals surface area contributed by atoms with Gasteiger partial charge in [0.1, 0.15) is 12.1 Å². The number of hydrogen-bond acceptors (Lipinski definition) is 3. The topological polar surface area (TPSA) is 53.9 Å². The van der Waals surface area contributed by atoms with E-state index < -0.39 is 5.60 Å². The lowest BCUT2D eigenvalue weighted by Crippen LogP contribution is -2.44. The highest BCUT2D eigenvalue weighted by Gasteiger charge is 2.39. The number of aliphatic imine (C=N–C) groups is 1. The Labute approximate surface area is 134 Å². The SMILES string of the molecule is CN=C(NCC(=O)OC(C)(C)C)N1CCC2(CCCCC2)C1. The Bertz CT molecular complexity index is 420. The minimum absolute atomic E-state index is 0.174. The van der Waals surface area contributed by atoms with Crippen molar-refractivity contribution in [1.29, 1.82) is 0 Å². The van der Waals surface area contributed by atoms with Gasteiger partial charge in [-0.25, -0.2) is 0 Å². The zero-order valence-corrected chi connectivity index (χ0v) is 14.6. The first-order chi connectivity index (χ1) is 10.3. The normalized spacial score (nSPS) is 22.0. The van der Waals surface area contributed by atoms with Crippen LogP contribution in [-0.2, 0) is 9.53 Å². The molecule has 0 bridgehead atoms. The molecule has 22 heavy (non-hydrogen) atoms. The van der Waals surface area contributed by atoms with Crippen molar-refractivity contribution in [3.63, 3.8) is 0 Å². The van der Waals surface area contributed by atoms with Crippen molar-refractivity contribution in [2.45, 2.75) is 64.9 Å². The van der Waals surface area contributed by atoms with Crippen LogP contribution in [0.25, 0.3) is 0 Å². The highest BCUT2D eigenvalue weighted by molar-refractivity contribution is 5.84. The Morgan fingerprint density at radius 1 is 1.23 bits per heavy atom. The molecule has 0 aromatic heterocycles. The summed E-state index contributed by atoms with van der Waals surface area (Å²) in [5.74, 6) is 0.591. The molecule has 0 atom stereocenters. The first kappa shape index (κ1) is 17.1. The molecule has 1 spiro atoms. The van der Waals surface area contributed by atoms with E-state index in [0.717, 1.165) is 19.0 Å². The van der Waals surface area contributed by atoms with Crippen molar-refractivity contribution in [2.24, 2.45) is 10.4 Å². The molecule has 126 valence electrons. The largest absolute Gasteiger partial charge is 0.459 e. The number of hydrogen-bond donors (Lipinski definition) is 1. The van der Waals surface area contributed by atoms with Gasteiger partial charge in [0, 0.05) is 20.1 Å². The summed E-state index contributed by atoms with van der Waals surface area (Å²) >= 11 is 0. The van der Waals surface area contributed by atoms with Crippen LogP contribution in [0.1, 0.15) is 59.3 Å². The maximum Gasteiger partial charge on any atom is 0.325 e. The molecule has 1 saturated carbocycles. The summed E-state index contributed by atoms with van der Waals surface area (Å²) in [7, 11) is 1.78. The third kappa shape index (κ3) is 4.62. The Balaban J connectivity index is 1.84. The summed E-state index contributed by atoms with van der Waals surface area (Å²) < 4.78 is 5.33. The second kappa shape index (κ2) is 6.88. The van der Waals surface area contributed by atoms with Gasteiger partial charge in [-0.1, -0.05) is 19.3 Å². The average Bonchev–Trinajstić information content (AvgIpc) is 2.82. The number of carbonyl (C=O) groups is 1. The minimum atomic E-state index is -0.442. The Morgan fingerprint density at radius 3 is 2.50 bits per heavy atom. The van der Waals surface area contributed by atoms with Crippen LogP contribution < -0.4 is 5.32 Å². The smallest absolute Gasteiger partial charge is 0.325 e. The molecule has 1 N–H and O–H groups in total. The molecule has 0 aromatic rings. The fourth-order valence-corrected chi connectivity index (χ4v) is 3.69. The van der Waals surface area contributed by atoms with Crippen LogP contribution in [0.3, 0.4) is 0 Å². The molecular weight excluding hydrogens is 278 g/mol. The summed E-state index contributed by atoms with van der Waals surface area (Å²) in [6, 6.07) is 0. The molecule has 2 aliphatic rings. The van der Waals surface area contributed by atoms with Crippen molar-refractivity contribution in [3.05, 3.63) is 0 Å². The minimum Gasteiger partial charge on any atom is -0.459 e. The van der Waals surface area contributed by atoms with Crippen LogP contribution >= 0.6 is 0 Å². The lowest BCUT2D eigenvalue weighted by molar-refractivity contribution is -0.153. The molecule has 5 nitrogen and oxygen atoms in total. The number of nitrogens with zero attached hydrogens (tertiary/aromatic N) is 2. The lowest BCUT2D eigenvalue weighted by atomic mass is 9.73. The van der Waals surface area contributed by atoms with Gasteiger partial charge in [0.05, 0.1) is 0 Å². The van der Waals surface area contributed by atoms with Crippen molar-refractivity contribution in [3.8, 4) is 0 Å². The maximum absolute atomic E-state index is 11.8. The molecule has 2 fully saturated rings. The number of likely N-dealkylation sites (tertiary alicyclic amines) is 1. The number of nitrogens with one attached hydrogen (secondary N) is 1. The highest BCUT2D eigenvalue weighted by Crippen LogP contribution is 2.43. The fraction of sp³-hybridized carbons (Fsp3) is 0.882. The molecule has 1 aliphatic heterocycles. The van der Waals surface area contributed by atoms with Crippen LogP contribution in [0.4, 0.5) is 0 Å². The van der Waals surface area contributed by atoms with Gasteiger partial charge in [0.2, 0.25) is 0 Å². The van der Waals surface area contributed by atoms with Gasteiger partial charge >= 0.3 is 5.97 Å². The second-order valence-corrected chi connectivity index (χ2v) is 7.72. The number of guanidine groups is 1. The van der Waals surface area contributed by atoms with E-state index in [9.17, 15) is 4.79 Å². The molecule has 1 saturated heterocycles. The van der Waals surface area contributed by atoms with Gasteiger partial charge in [-0.15, -0.1) is 0 Å². The molecule has 0 radical (unpaired) electrons. The Morgan fingerprint density at radius 2 is 1.91 bits per heavy atom. The fourth-order valence-electron chi connectivity index (χ4n) is 3.69. The third-order valence-corrected chi connectivity index (χ3v) is 4.67. The van der Waals surface area contributed by atoms with Crippen LogP contribution in [-0.4, -0.2) is 49.1 Å². The molecule has 1 aliphatic carbocycles. The summed E-state index contributed by atoms with van der Waals surface area (Å²) in [5, 5.41) is 3.16. The lowest BCUT2D eigenvalue weighted by Gasteiger charge is -2.33. The second-order valence-electron chi connectivity index (χ2n) is 7.72. The highest BCUT2D eigenvalue weighted by atomic mass is 16.6. The van der Waals surface area contributed by atoms with Gasteiger partial charge in [-0.3, -0.25) is 9.79 Å². The van der Waals surface area contributed by atoms with E-state index in [4.69, 9.17) is 4.74 Å². The van der Waals surface area contributed by atoms with Crippen LogP contribution in [0.15, 0.2) is 4.99 Å². The zero-order chi connectivity index (χ0) is 16.2. The first-order valence-electron chi connectivity index (χ1n) is 8.51. The van der Waals surface area contributed by atoms with Crippen LogP contribution in [0.2, 0.25) is 0 Å². The van der Waals surface area contributed by atoms with E-state index in [1.165, 1.54) is 38.5 Å². The monoisotopic (exact) mass is 309 g/mol. The zero-order valence-electron chi connectivity index (χ0n) is 14.6. The molecule has 0 unspecified atom stereocenters. The quantitative estimate of drug-likeness (QED) is 0.484. The summed E-state index contributed by atoms with van der Waals surface area (Å²) in [5.41, 5.74) is 0.0455.